The van der Waals surface area contributed by atoms with Crippen molar-refractivity contribution in [1.82, 2.24) is 4.98 Å². The average molecular weight is 362 g/mol. The summed E-state index contributed by atoms with van der Waals surface area (Å²) in [6.07, 6.45) is 2.05. The minimum Gasteiger partial charge on any atom is -0.298 e. The molecule has 0 amide bonds. The van der Waals surface area contributed by atoms with Crippen molar-refractivity contribution in [3.63, 3.8) is 0 Å². The molecule has 2 aromatic rings. The Bertz CT molecular complexity index is 915. The van der Waals surface area contributed by atoms with Crippen LogP contribution in [0.5, 0.6) is 0 Å². The number of aromatic nitrogens is 1. The number of carbonyl (C=O) groups excluding carboxylic acids is 1. The zero-order valence-corrected chi connectivity index (χ0v) is 16.1. The van der Waals surface area contributed by atoms with E-state index in [2.05, 4.69) is 26.8 Å². The normalized spacial score (nSPS) is 28.9. The third-order valence-electron chi connectivity index (χ3n) is 6.76. The van der Waals surface area contributed by atoms with Gasteiger partial charge in [-0.3, -0.25) is 4.79 Å². The van der Waals surface area contributed by atoms with Crippen molar-refractivity contribution in [1.29, 1.82) is 5.26 Å². The molecule has 0 spiro atoms. The number of Topliss-reactive ketones (excluding diaryl/α,β-unsaturated/α-hetero) is 1. The summed E-state index contributed by atoms with van der Waals surface area (Å²) in [4.78, 5) is 17.8. The number of nitrogens with zero attached hydrogens (tertiary/aromatic N) is 2. The van der Waals surface area contributed by atoms with Crippen molar-refractivity contribution in [3.05, 3.63) is 48.0 Å². The molecular weight excluding hydrogens is 340 g/mol. The minimum atomic E-state index is -0.123. The maximum Gasteiger partial charge on any atom is 0.150 e. The van der Waals surface area contributed by atoms with Crippen molar-refractivity contribution in [3.8, 4) is 17.3 Å². The molecule has 4 heteroatoms. The topological polar surface area (TPSA) is 53.8 Å². The molecule has 0 unspecified atom stereocenters. The molecule has 1 heterocycles. The fourth-order valence-corrected chi connectivity index (χ4v) is 6.25. The zero-order chi connectivity index (χ0) is 18.5. The van der Waals surface area contributed by atoms with Gasteiger partial charge in [-0.1, -0.05) is 62.9 Å². The molecule has 2 bridgehead atoms. The number of fused-ring (bicyclic) bond motifs is 2. The molecule has 0 saturated heterocycles. The fraction of sp³-hybridized carbons (Fsp3) is 0.409. The molecule has 26 heavy (non-hydrogen) atoms. The lowest BCUT2D eigenvalue weighted by Crippen LogP contribution is -2.35. The zero-order valence-electron chi connectivity index (χ0n) is 15.3. The van der Waals surface area contributed by atoms with E-state index in [-0.39, 0.29) is 22.0 Å². The first-order valence-corrected chi connectivity index (χ1v) is 9.93. The summed E-state index contributed by atoms with van der Waals surface area (Å²) in [6, 6.07) is 15.9. The highest BCUT2D eigenvalue weighted by Crippen LogP contribution is 2.67. The second-order valence-corrected chi connectivity index (χ2v) is 9.25. The van der Waals surface area contributed by atoms with E-state index in [0.29, 0.717) is 16.4 Å². The summed E-state index contributed by atoms with van der Waals surface area (Å²) >= 11 is 1.50. The van der Waals surface area contributed by atoms with Gasteiger partial charge in [-0.15, -0.1) is 0 Å². The number of hydrogen-bond acceptors (Lipinski definition) is 4. The monoisotopic (exact) mass is 362 g/mol. The van der Waals surface area contributed by atoms with Gasteiger partial charge in [0.05, 0.1) is 16.5 Å². The molecule has 2 fully saturated rings. The third-order valence-corrected chi connectivity index (χ3v) is 8.28. The molecule has 1 aromatic carbocycles. The molecule has 0 N–H and O–H groups in total. The second kappa shape index (κ2) is 5.96. The Hall–Kier alpha value is -2.12. The van der Waals surface area contributed by atoms with Gasteiger partial charge in [0.15, 0.2) is 0 Å². The Labute approximate surface area is 158 Å². The number of nitriles is 1. The summed E-state index contributed by atoms with van der Waals surface area (Å²) < 4.78 is 0. The molecule has 2 aliphatic carbocycles. The quantitative estimate of drug-likeness (QED) is 0.762. The molecule has 132 valence electrons. The van der Waals surface area contributed by atoms with Crippen LogP contribution in [-0.4, -0.2) is 16.0 Å². The number of benzene rings is 1. The minimum absolute atomic E-state index is 0.00555. The van der Waals surface area contributed by atoms with Crippen LogP contribution < -0.4 is 0 Å². The van der Waals surface area contributed by atoms with E-state index in [4.69, 9.17) is 4.98 Å². The average Bonchev–Trinajstić information content (AvgIpc) is 2.96. The van der Waals surface area contributed by atoms with E-state index in [1.165, 1.54) is 11.8 Å². The first-order chi connectivity index (χ1) is 12.4. The molecule has 3 atom stereocenters. The summed E-state index contributed by atoms with van der Waals surface area (Å²) in [7, 11) is 0. The van der Waals surface area contributed by atoms with Crippen LogP contribution in [0.3, 0.4) is 0 Å². The fourth-order valence-electron chi connectivity index (χ4n) is 4.67. The number of ketones is 1. The smallest absolute Gasteiger partial charge is 0.150 e. The summed E-state index contributed by atoms with van der Waals surface area (Å²) in [5.41, 5.74) is 2.37. The molecule has 2 aliphatic rings. The van der Waals surface area contributed by atoms with Gasteiger partial charge < -0.3 is 0 Å². The molecule has 2 saturated carbocycles. The number of hydrogen-bond donors (Lipinski definition) is 0. The van der Waals surface area contributed by atoms with Gasteiger partial charge in [0.1, 0.15) is 16.9 Å². The molecule has 3 nitrogen and oxygen atoms in total. The van der Waals surface area contributed by atoms with Gasteiger partial charge in [0.2, 0.25) is 0 Å². The largest absolute Gasteiger partial charge is 0.298 e. The van der Waals surface area contributed by atoms with Crippen molar-refractivity contribution in [2.24, 2.45) is 16.7 Å². The predicted molar refractivity (Wildman–Crippen MR) is 104 cm³/mol. The van der Waals surface area contributed by atoms with Gasteiger partial charge >= 0.3 is 0 Å². The Morgan fingerprint density at radius 3 is 2.50 bits per heavy atom. The predicted octanol–water partition coefficient (Wildman–Crippen LogP) is 5.11. The van der Waals surface area contributed by atoms with Crippen molar-refractivity contribution < 1.29 is 4.79 Å². The van der Waals surface area contributed by atoms with Crippen LogP contribution >= 0.6 is 11.8 Å². The maximum atomic E-state index is 13.0. The SMILES string of the molecule is CC1(C)[C@@H]2CC[C@]1(C)[C@H](Sc1nc(-c3ccccc3)ccc1C#N)C2=O. The van der Waals surface area contributed by atoms with E-state index in [0.717, 1.165) is 24.1 Å². The van der Waals surface area contributed by atoms with Crippen molar-refractivity contribution in [2.45, 2.75) is 43.9 Å². The van der Waals surface area contributed by atoms with E-state index < -0.39 is 0 Å². The van der Waals surface area contributed by atoms with Crippen LogP contribution in [0.2, 0.25) is 0 Å². The van der Waals surface area contributed by atoms with E-state index in [1.54, 1.807) is 0 Å². The standard InChI is InChI=1S/C22H22N2OS/c1-21(2)16-11-12-22(21,3)19(18(16)25)26-20-15(13-23)9-10-17(24-20)14-7-5-4-6-8-14/h4-10,16,19H,11-12H2,1-3H3/t16-,19-,22-/m1/s1. The number of pyridine rings is 1. The van der Waals surface area contributed by atoms with Crippen LogP contribution in [0.4, 0.5) is 0 Å². The lowest BCUT2D eigenvalue weighted by molar-refractivity contribution is -0.122. The van der Waals surface area contributed by atoms with Gasteiger partial charge in [0.25, 0.3) is 0 Å². The van der Waals surface area contributed by atoms with E-state index >= 15 is 0 Å². The van der Waals surface area contributed by atoms with Crippen molar-refractivity contribution >= 4 is 17.5 Å². The van der Waals surface area contributed by atoms with Crippen LogP contribution in [0.25, 0.3) is 11.3 Å². The maximum absolute atomic E-state index is 13.0. The lowest BCUT2D eigenvalue weighted by Gasteiger charge is -2.37. The van der Waals surface area contributed by atoms with Crippen LogP contribution in [0.1, 0.15) is 39.2 Å². The van der Waals surface area contributed by atoms with Crippen LogP contribution in [0.15, 0.2) is 47.5 Å². The summed E-state index contributed by atoms with van der Waals surface area (Å²) in [5.74, 6) is 0.470. The molecule has 1 aromatic heterocycles. The van der Waals surface area contributed by atoms with Gasteiger partial charge in [-0.2, -0.15) is 5.26 Å². The molecule has 0 radical (unpaired) electrons. The van der Waals surface area contributed by atoms with Crippen molar-refractivity contribution in [2.75, 3.05) is 0 Å². The van der Waals surface area contributed by atoms with Gasteiger partial charge in [-0.05, 0) is 35.8 Å². The summed E-state index contributed by atoms with van der Waals surface area (Å²) in [5, 5.41) is 10.1. The Morgan fingerprint density at radius 1 is 1.15 bits per heavy atom. The number of thioether (sulfide) groups is 1. The molecular formula is C22H22N2OS. The number of rotatable bonds is 3. The molecule has 0 aliphatic heterocycles. The highest BCUT2D eigenvalue weighted by Gasteiger charge is 2.66. The van der Waals surface area contributed by atoms with E-state index in [1.807, 2.05) is 42.5 Å². The second-order valence-electron chi connectivity index (χ2n) is 8.16. The van der Waals surface area contributed by atoms with Crippen LogP contribution in [-0.2, 0) is 4.79 Å². The Kier molecular flexibility index (Phi) is 3.96. The first kappa shape index (κ1) is 17.3. The molecule has 4 rings (SSSR count). The first-order valence-electron chi connectivity index (χ1n) is 9.05. The number of carbonyl (C=O) groups is 1. The van der Waals surface area contributed by atoms with Gasteiger partial charge in [-0.25, -0.2) is 4.98 Å². The Morgan fingerprint density at radius 2 is 1.88 bits per heavy atom. The summed E-state index contributed by atoms with van der Waals surface area (Å²) in [6.45, 7) is 6.69. The van der Waals surface area contributed by atoms with Gasteiger partial charge in [0, 0.05) is 11.5 Å². The highest BCUT2D eigenvalue weighted by molar-refractivity contribution is 8.00. The van der Waals surface area contributed by atoms with Crippen LogP contribution in [0, 0.1) is 28.1 Å². The lowest BCUT2D eigenvalue weighted by atomic mass is 9.71. The highest BCUT2D eigenvalue weighted by atomic mass is 32.2. The third kappa shape index (κ3) is 2.34. The van der Waals surface area contributed by atoms with E-state index in [9.17, 15) is 10.1 Å². The Balaban J connectivity index is 1.73.